The Morgan fingerprint density at radius 1 is 1.24 bits per heavy atom. The zero-order chi connectivity index (χ0) is 15.7. The van der Waals surface area contributed by atoms with E-state index in [-0.39, 0.29) is 24.5 Å². The maximum Gasteiger partial charge on any atom is 0.340 e. The first-order valence-corrected chi connectivity index (χ1v) is 6.34. The number of nitrogens with zero attached hydrogens (tertiary/aromatic N) is 3. The van der Waals surface area contributed by atoms with Gasteiger partial charge in [-0.05, 0) is 37.1 Å². The number of carbonyl (C=O) groups excluding carboxylic acids is 2. The maximum atomic E-state index is 11.8. The molecule has 0 atom stereocenters. The van der Waals surface area contributed by atoms with Crippen molar-refractivity contribution in [3.8, 4) is 0 Å². The topological polar surface area (TPSA) is 101 Å². The van der Waals surface area contributed by atoms with Crippen LogP contribution < -0.4 is 0 Å². The van der Waals surface area contributed by atoms with Gasteiger partial charge in [0.25, 0.3) is 0 Å². The Morgan fingerprint density at radius 3 is 2.52 bits per heavy atom. The molecule has 0 unspecified atom stereocenters. The number of rotatable bonds is 6. The van der Waals surface area contributed by atoms with Gasteiger partial charge in [0.2, 0.25) is 0 Å². The summed E-state index contributed by atoms with van der Waals surface area (Å²) >= 11 is 0. The quantitative estimate of drug-likeness (QED) is 0.264. The van der Waals surface area contributed by atoms with E-state index in [9.17, 15) is 9.59 Å². The summed E-state index contributed by atoms with van der Waals surface area (Å²) in [4.78, 5) is 26.1. The number of carbonyl (C=O) groups is 2. The van der Waals surface area contributed by atoms with Crippen molar-refractivity contribution in [2.24, 2.45) is 5.11 Å². The molecule has 0 heterocycles. The predicted octanol–water partition coefficient (Wildman–Crippen LogP) is 3.08. The molecule has 110 valence electrons. The smallest absolute Gasteiger partial charge is 0.340 e. The van der Waals surface area contributed by atoms with Crippen LogP contribution >= 0.6 is 0 Å². The molecule has 0 aliphatic carbocycles. The molecule has 0 saturated carbocycles. The van der Waals surface area contributed by atoms with Crippen LogP contribution in [0, 0.1) is 0 Å². The van der Waals surface area contributed by atoms with Crippen molar-refractivity contribution in [2.75, 3.05) is 13.2 Å². The molecule has 21 heavy (non-hydrogen) atoms. The first kappa shape index (κ1) is 16.3. The highest BCUT2D eigenvalue weighted by atomic mass is 16.5. The molecule has 7 nitrogen and oxygen atoms in total. The van der Waals surface area contributed by atoms with Gasteiger partial charge in [-0.2, -0.15) is 0 Å². The van der Waals surface area contributed by atoms with Crippen molar-refractivity contribution in [1.82, 2.24) is 0 Å². The third-order valence-corrected chi connectivity index (χ3v) is 2.39. The molecule has 1 rings (SSSR count). The van der Waals surface area contributed by atoms with Gasteiger partial charge in [-0.15, -0.1) is 0 Å². The van der Waals surface area contributed by atoms with Crippen LogP contribution in [0.4, 0.5) is 0 Å². The molecule has 0 aromatic heterocycles. The Balaban J connectivity index is 3.24. The van der Waals surface area contributed by atoms with Gasteiger partial charge in [0, 0.05) is 4.91 Å². The minimum Gasteiger partial charge on any atom is -0.462 e. The van der Waals surface area contributed by atoms with Gasteiger partial charge >= 0.3 is 11.9 Å². The summed E-state index contributed by atoms with van der Waals surface area (Å²) in [5.74, 6) is -1.28. The Kier molecular flexibility index (Phi) is 6.50. The minimum atomic E-state index is -0.756. The summed E-state index contributed by atoms with van der Waals surface area (Å²) in [5.41, 5.74) is 8.97. The second kappa shape index (κ2) is 8.39. The van der Waals surface area contributed by atoms with Crippen molar-refractivity contribution in [1.29, 1.82) is 0 Å². The van der Waals surface area contributed by atoms with Gasteiger partial charge in [0.15, 0.2) is 0 Å². The van der Waals surface area contributed by atoms with Gasteiger partial charge in [0.05, 0.1) is 18.8 Å². The van der Waals surface area contributed by atoms with Crippen LogP contribution in [-0.2, 0) is 14.3 Å². The van der Waals surface area contributed by atoms with E-state index in [2.05, 4.69) is 10.0 Å². The predicted molar refractivity (Wildman–Crippen MR) is 76.2 cm³/mol. The zero-order valence-corrected chi connectivity index (χ0v) is 11.8. The SMILES string of the molecule is CCOC(=O)/C(=C/c1ccccc1C(=O)OCC)N=[N+]=[N-]. The van der Waals surface area contributed by atoms with Crippen LogP contribution in [0.25, 0.3) is 16.5 Å². The highest BCUT2D eigenvalue weighted by molar-refractivity contribution is 5.98. The first-order chi connectivity index (χ1) is 10.1. The molecule has 0 aliphatic rings. The van der Waals surface area contributed by atoms with E-state index in [0.29, 0.717) is 5.56 Å². The fourth-order valence-corrected chi connectivity index (χ4v) is 1.55. The fraction of sp³-hybridized carbons (Fsp3) is 0.286. The molecule has 1 aromatic rings. The monoisotopic (exact) mass is 289 g/mol. The third kappa shape index (κ3) is 4.67. The molecule has 7 heteroatoms. The normalized spacial score (nSPS) is 10.5. The van der Waals surface area contributed by atoms with E-state index in [1.54, 1.807) is 38.1 Å². The number of azide groups is 1. The van der Waals surface area contributed by atoms with Crippen molar-refractivity contribution in [3.05, 3.63) is 51.5 Å². The van der Waals surface area contributed by atoms with Crippen LogP contribution in [0.1, 0.15) is 29.8 Å². The fourth-order valence-electron chi connectivity index (χ4n) is 1.55. The van der Waals surface area contributed by atoms with Crippen LogP contribution in [0.3, 0.4) is 0 Å². The summed E-state index contributed by atoms with van der Waals surface area (Å²) in [5, 5.41) is 3.30. The first-order valence-electron chi connectivity index (χ1n) is 6.34. The van der Waals surface area contributed by atoms with E-state index in [1.807, 2.05) is 0 Å². The second-order valence-electron chi connectivity index (χ2n) is 3.75. The Bertz CT molecular complexity index is 604. The molecule has 0 spiro atoms. The Hall–Kier alpha value is -2.79. The van der Waals surface area contributed by atoms with Gasteiger partial charge in [-0.25, -0.2) is 9.59 Å². The zero-order valence-electron chi connectivity index (χ0n) is 11.8. The molecular formula is C14H15N3O4. The molecular weight excluding hydrogens is 274 g/mol. The van der Waals surface area contributed by atoms with Crippen molar-refractivity contribution < 1.29 is 19.1 Å². The second-order valence-corrected chi connectivity index (χ2v) is 3.75. The average molecular weight is 289 g/mol. The maximum absolute atomic E-state index is 11.8. The highest BCUT2D eigenvalue weighted by Crippen LogP contribution is 2.16. The Labute approximate surface area is 121 Å². The summed E-state index contributed by atoms with van der Waals surface area (Å²) in [6.45, 7) is 3.72. The summed E-state index contributed by atoms with van der Waals surface area (Å²) in [6, 6.07) is 6.52. The standard InChI is InChI=1S/C14H15N3O4/c1-3-20-13(18)11-8-6-5-7-10(11)9-12(16-17-15)14(19)21-4-2/h5-9H,3-4H2,1-2H3/b12-9-. The highest BCUT2D eigenvalue weighted by Gasteiger charge is 2.14. The lowest BCUT2D eigenvalue weighted by Gasteiger charge is -2.06. The lowest BCUT2D eigenvalue weighted by Crippen LogP contribution is -2.08. The van der Waals surface area contributed by atoms with E-state index >= 15 is 0 Å². The van der Waals surface area contributed by atoms with Gasteiger partial charge in [-0.1, -0.05) is 23.3 Å². The Morgan fingerprint density at radius 2 is 1.90 bits per heavy atom. The number of hydrogen-bond donors (Lipinski definition) is 0. The molecule has 0 N–H and O–H groups in total. The van der Waals surface area contributed by atoms with Crippen LogP contribution in [-0.4, -0.2) is 25.2 Å². The van der Waals surface area contributed by atoms with Gasteiger partial charge in [0.1, 0.15) is 5.70 Å². The van der Waals surface area contributed by atoms with Crippen LogP contribution in [0.2, 0.25) is 0 Å². The lowest BCUT2D eigenvalue weighted by molar-refractivity contribution is -0.138. The molecule has 0 bridgehead atoms. The van der Waals surface area contributed by atoms with E-state index in [0.717, 1.165) is 0 Å². The molecule has 0 amide bonds. The van der Waals surface area contributed by atoms with Crippen molar-refractivity contribution >= 4 is 18.0 Å². The van der Waals surface area contributed by atoms with E-state index in [1.165, 1.54) is 6.08 Å². The number of hydrogen-bond acceptors (Lipinski definition) is 5. The van der Waals surface area contributed by atoms with E-state index < -0.39 is 11.9 Å². The third-order valence-electron chi connectivity index (χ3n) is 2.39. The van der Waals surface area contributed by atoms with Gasteiger partial charge < -0.3 is 9.47 Å². The van der Waals surface area contributed by atoms with Crippen molar-refractivity contribution in [3.63, 3.8) is 0 Å². The largest absolute Gasteiger partial charge is 0.462 e. The van der Waals surface area contributed by atoms with Gasteiger partial charge in [-0.3, -0.25) is 0 Å². The summed E-state index contributed by atoms with van der Waals surface area (Å²) in [7, 11) is 0. The minimum absolute atomic E-state index is 0.149. The number of esters is 2. The number of benzene rings is 1. The van der Waals surface area contributed by atoms with Crippen LogP contribution in [0.15, 0.2) is 35.1 Å². The average Bonchev–Trinajstić information content (AvgIpc) is 2.47. The molecule has 1 aromatic carbocycles. The molecule has 0 fully saturated rings. The molecule has 0 radical (unpaired) electrons. The summed E-state index contributed by atoms with van der Waals surface area (Å²) in [6.07, 6.45) is 1.30. The molecule has 0 saturated heterocycles. The lowest BCUT2D eigenvalue weighted by atomic mass is 10.1. The van der Waals surface area contributed by atoms with Crippen LogP contribution in [0.5, 0.6) is 0 Å². The molecule has 0 aliphatic heterocycles. The summed E-state index contributed by atoms with van der Waals surface area (Å²) < 4.78 is 9.72. The number of ether oxygens (including phenoxy) is 2. The van der Waals surface area contributed by atoms with E-state index in [4.69, 9.17) is 15.0 Å². The van der Waals surface area contributed by atoms with Crippen molar-refractivity contribution in [2.45, 2.75) is 13.8 Å².